The molecule has 1 atom stereocenters. The molecule has 5 N–H and O–H groups in total. The average Bonchev–Trinajstić information content (AvgIpc) is 2.43. The largest absolute Gasteiger partial charge is 0.458 e. The second-order valence-corrected chi connectivity index (χ2v) is 5.83. The van der Waals surface area contributed by atoms with Gasteiger partial charge in [0.1, 0.15) is 11.6 Å². The third-order valence-corrected chi connectivity index (χ3v) is 3.40. The van der Waals surface area contributed by atoms with Gasteiger partial charge in [-0.15, -0.1) is 0 Å². The molecule has 0 saturated carbocycles. The predicted octanol–water partition coefficient (Wildman–Crippen LogP) is 1.07. The summed E-state index contributed by atoms with van der Waals surface area (Å²) < 4.78 is 5.48. The zero-order valence-corrected chi connectivity index (χ0v) is 13.6. The first-order chi connectivity index (χ1) is 9.86. The van der Waals surface area contributed by atoms with Crippen LogP contribution in [0.5, 0.6) is 0 Å². The SMILES string of the molecule is CCC(C)(C)OC(=O)[C@H](CCCCN)NC(=O)CCCN. The van der Waals surface area contributed by atoms with Crippen LogP contribution in [0.3, 0.4) is 0 Å². The molecular weight excluding hydrogens is 270 g/mol. The van der Waals surface area contributed by atoms with E-state index in [1.807, 2.05) is 20.8 Å². The molecule has 0 rings (SSSR count). The number of ether oxygens (including phenoxy) is 1. The Bertz CT molecular complexity index is 319. The van der Waals surface area contributed by atoms with Crippen LogP contribution in [0.15, 0.2) is 0 Å². The highest BCUT2D eigenvalue weighted by molar-refractivity contribution is 5.84. The van der Waals surface area contributed by atoms with Crippen LogP contribution in [0.2, 0.25) is 0 Å². The minimum atomic E-state index is -0.604. The molecule has 1 amide bonds. The molecule has 6 heteroatoms. The van der Waals surface area contributed by atoms with E-state index in [1.165, 1.54) is 0 Å². The van der Waals surface area contributed by atoms with Gasteiger partial charge in [-0.3, -0.25) is 4.79 Å². The van der Waals surface area contributed by atoms with E-state index < -0.39 is 11.6 Å². The van der Waals surface area contributed by atoms with Gasteiger partial charge in [0.15, 0.2) is 0 Å². The van der Waals surface area contributed by atoms with Crippen LogP contribution >= 0.6 is 0 Å². The second-order valence-electron chi connectivity index (χ2n) is 5.83. The van der Waals surface area contributed by atoms with Gasteiger partial charge in [0.25, 0.3) is 0 Å². The molecule has 21 heavy (non-hydrogen) atoms. The smallest absolute Gasteiger partial charge is 0.329 e. The number of hydrogen-bond acceptors (Lipinski definition) is 5. The van der Waals surface area contributed by atoms with Crippen molar-refractivity contribution in [2.24, 2.45) is 11.5 Å². The molecule has 0 radical (unpaired) electrons. The molecule has 6 nitrogen and oxygen atoms in total. The molecule has 0 aromatic carbocycles. The van der Waals surface area contributed by atoms with Gasteiger partial charge in [0, 0.05) is 6.42 Å². The maximum Gasteiger partial charge on any atom is 0.329 e. The Hall–Kier alpha value is -1.14. The van der Waals surface area contributed by atoms with E-state index in [9.17, 15) is 9.59 Å². The quantitative estimate of drug-likeness (QED) is 0.391. The van der Waals surface area contributed by atoms with E-state index in [2.05, 4.69) is 5.32 Å². The molecule has 0 aromatic rings. The fourth-order valence-electron chi connectivity index (χ4n) is 1.69. The number of nitrogens with two attached hydrogens (primary N) is 2. The Morgan fingerprint density at radius 3 is 2.29 bits per heavy atom. The summed E-state index contributed by atoms with van der Waals surface area (Å²) in [6.07, 6.45) is 3.80. The molecule has 0 aliphatic rings. The Morgan fingerprint density at radius 1 is 1.14 bits per heavy atom. The summed E-state index contributed by atoms with van der Waals surface area (Å²) in [4.78, 5) is 24.0. The minimum absolute atomic E-state index is 0.163. The summed E-state index contributed by atoms with van der Waals surface area (Å²) >= 11 is 0. The first kappa shape index (κ1) is 19.9. The lowest BCUT2D eigenvalue weighted by Crippen LogP contribution is -2.44. The Morgan fingerprint density at radius 2 is 1.76 bits per heavy atom. The van der Waals surface area contributed by atoms with Crippen LogP contribution in [0.25, 0.3) is 0 Å². The van der Waals surface area contributed by atoms with Gasteiger partial charge < -0.3 is 21.5 Å². The van der Waals surface area contributed by atoms with Crippen molar-refractivity contribution in [2.45, 2.75) is 70.9 Å². The highest BCUT2D eigenvalue weighted by Crippen LogP contribution is 2.16. The number of nitrogens with one attached hydrogen (secondary N) is 1. The topological polar surface area (TPSA) is 107 Å². The molecule has 0 spiro atoms. The second kappa shape index (κ2) is 10.6. The van der Waals surface area contributed by atoms with E-state index in [1.54, 1.807) is 0 Å². The van der Waals surface area contributed by atoms with Gasteiger partial charge >= 0.3 is 5.97 Å². The van der Waals surface area contributed by atoms with Crippen molar-refractivity contribution in [1.29, 1.82) is 0 Å². The van der Waals surface area contributed by atoms with Crippen molar-refractivity contribution >= 4 is 11.9 Å². The molecule has 0 aliphatic heterocycles. The third-order valence-electron chi connectivity index (χ3n) is 3.40. The van der Waals surface area contributed by atoms with Crippen LogP contribution in [0.1, 0.15) is 59.3 Å². The van der Waals surface area contributed by atoms with Crippen LogP contribution in [-0.4, -0.2) is 36.6 Å². The predicted molar refractivity (Wildman–Crippen MR) is 83.6 cm³/mol. The summed E-state index contributed by atoms with van der Waals surface area (Å²) in [6, 6.07) is -0.604. The lowest BCUT2D eigenvalue weighted by Gasteiger charge is -2.27. The number of amides is 1. The maximum atomic E-state index is 12.2. The van der Waals surface area contributed by atoms with Gasteiger partial charge in [0.2, 0.25) is 5.91 Å². The van der Waals surface area contributed by atoms with Gasteiger partial charge in [-0.2, -0.15) is 0 Å². The van der Waals surface area contributed by atoms with E-state index in [0.29, 0.717) is 32.4 Å². The van der Waals surface area contributed by atoms with Crippen LogP contribution < -0.4 is 16.8 Å². The van der Waals surface area contributed by atoms with Crippen LogP contribution in [0, 0.1) is 0 Å². The zero-order valence-electron chi connectivity index (χ0n) is 13.6. The molecule has 0 unspecified atom stereocenters. The number of carbonyl (C=O) groups excluding carboxylic acids is 2. The van der Waals surface area contributed by atoms with E-state index in [0.717, 1.165) is 19.3 Å². The third kappa shape index (κ3) is 9.42. The highest BCUT2D eigenvalue weighted by atomic mass is 16.6. The van der Waals surface area contributed by atoms with Gasteiger partial charge in [-0.25, -0.2) is 4.79 Å². The number of carbonyl (C=O) groups is 2. The molecule has 0 bridgehead atoms. The lowest BCUT2D eigenvalue weighted by molar-refractivity contribution is -0.160. The average molecular weight is 301 g/mol. The fraction of sp³-hybridized carbons (Fsp3) is 0.867. The molecule has 0 aromatic heterocycles. The molecule has 124 valence electrons. The van der Waals surface area contributed by atoms with Crippen molar-refractivity contribution in [3.63, 3.8) is 0 Å². The van der Waals surface area contributed by atoms with Crippen LogP contribution in [0.4, 0.5) is 0 Å². The Balaban J connectivity index is 4.56. The summed E-state index contributed by atoms with van der Waals surface area (Å²) in [5.41, 5.74) is 10.3. The molecule has 0 aliphatic carbocycles. The first-order valence-corrected chi connectivity index (χ1v) is 7.78. The van der Waals surface area contributed by atoms with E-state index in [-0.39, 0.29) is 11.9 Å². The van der Waals surface area contributed by atoms with E-state index >= 15 is 0 Å². The standard InChI is InChI=1S/C15H31N3O3/c1-4-15(2,3)21-14(20)12(8-5-6-10-16)18-13(19)9-7-11-17/h12H,4-11,16-17H2,1-3H3,(H,18,19)/t12-/m0/s1. The molecular formula is C15H31N3O3. The highest BCUT2D eigenvalue weighted by Gasteiger charge is 2.27. The number of unbranched alkanes of at least 4 members (excludes halogenated alkanes) is 1. The van der Waals surface area contributed by atoms with Gasteiger partial charge in [0.05, 0.1) is 0 Å². The zero-order chi connectivity index (χ0) is 16.3. The Kier molecular flexibility index (Phi) is 9.99. The summed E-state index contributed by atoms with van der Waals surface area (Å²) in [6.45, 7) is 6.70. The number of hydrogen-bond donors (Lipinski definition) is 3. The fourth-order valence-corrected chi connectivity index (χ4v) is 1.69. The van der Waals surface area contributed by atoms with Crippen LogP contribution in [-0.2, 0) is 14.3 Å². The lowest BCUT2D eigenvalue weighted by atomic mass is 10.1. The normalized spacial score (nSPS) is 12.8. The van der Waals surface area contributed by atoms with Crippen molar-refractivity contribution in [3.05, 3.63) is 0 Å². The van der Waals surface area contributed by atoms with Gasteiger partial charge in [-0.1, -0.05) is 6.92 Å². The molecule has 0 fully saturated rings. The molecule has 0 saturated heterocycles. The number of esters is 1. The van der Waals surface area contributed by atoms with Crippen molar-refractivity contribution < 1.29 is 14.3 Å². The minimum Gasteiger partial charge on any atom is -0.458 e. The maximum absolute atomic E-state index is 12.2. The Labute approximate surface area is 128 Å². The number of rotatable bonds is 11. The first-order valence-electron chi connectivity index (χ1n) is 7.78. The van der Waals surface area contributed by atoms with Gasteiger partial charge in [-0.05, 0) is 59.0 Å². The summed E-state index contributed by atoms with van der Waals surface area (Å²) in [5.74, 6) is -0.538. The van der Waals surface area contributed by atoms with Crippen molar-refractivity contribution in [1.82, 2.24) is 5.32 Å². The van der Waals surface area contributed by atoms with Crippen molar-refractivity contribution in [3.8, 4) is 0 Å². The summed E-state index contributed by atoms with van der Waals surface area (Å²) in [5, 5.41) is 2.75. The van der Waals surface area contributed by atoms with Crippen molar-refractivity contribution in [2.75, 3.05) is 13.1 Å². The van der Waals surface area contributed by atoms with E-state index in [4.69, 9.17) is 16.2 Å². The summed E-state index contributed by atoms with van der Waals surface area (Å²) in [7, 11) is 0. The monoisotopic (exact) mass is 301 g/mol. The molecule has 0 heterocycles.